The number of hydrogen-bond acceptors (Lipinski definition) is 5. The summed E-state index contributed by atoms with van der Waals surface area (Å²) in [7, 11) is 1.68. The van der Waals surface area contributed by atoms with Gasteiger partial charge in [-0.2, -0.15) is 0 Å². The second-order valence-corrected chi connectivity index (χ2v) is 8.03. The first-order valence-electron chi connectivity index (χ1n) is 11.2. The number of H-pyrrole nitrogens is 1. The topological polar surface area (TPSA) is 66.6 Å². The lowest BCUT2D eigenvalue weighted by Crippen LogP contribution is -2.38. The molecule has 32 heavy (non-hydrogen) atoms. The largest absolute Gasteiger partial charge is 0.497 e. The minimum absolute atomic E-state index is 0.203. The van der Waals surface area contributed by atoms with E-state index in [4.69, 9.17) is 9.47 Å². The molecule has 4 rings (SSSR count). The summed E-state index contributed by atoms with van der Waals surface area (Å²) in [5, 5.41) is 4.72. The average molecular weight is 434 g/mol. The van der Waals surface area contributed by atoms with E-state index in [1.54, 1.807) is 7.11 Å². The molecule has 6 nitrogen and oxygen atoms in total. The molecule has 0 atom stereocenters. The van der Waals surface area contributed by atoms with Crippen LogP contribution in [0.3, 0.4) is 0 Å². The van der Waals surface area contributed by atoms with Crippen molar-refractivity contribution >= 4 is 16.9 Å². The Morgan fingerprint density at radius 2 is 2.03 bits per heavy atom. The van der Waals surface area contributed by atoms with E-state index in [2.05, 4.69) is 51.7 Å². The second kappa shape index (κ2) is 10.4. The number of benzene rings is 2. The van der Waals surface area contributed by atoms with Gasteiger partial charge in [0.05, 0.1) is 19.3 Å². The third-order valence-electron chi connectivity index (χ3n) is 5.90. The van der Waals surface area contributed by atoms with Crippen molar-refractivity contribution in [1.29, 1.82) is 0 Å². The molecule has 0 aliphatic carbocycles. The van der Waals surface area contributed by atoms with Crippen LogP contribution < -0.4 is 10.1 Å². The molecule has 2 N–H and O–H groups in total. The predicted octanol–water partition coefficient (Wildman–Crippen LogP) is 4.03. The highest BCUT2D eigenvalue weighted by atomic mass is 16.5. The van der Waals surface area contributed by atoms with Crippen LogP contribution >= 0.6 is 0 Å². The van der Waals surface area contributed by atoms with Crippen molar-refractivity contribution < 1.29 is 14.3 Å². The number of aromatic nitrogens is 1. The monoisotopic (exact) mass is 433 g/mol. The van der Waals surface area contributed by atoms with Crippen molar-refractivity contribution in [3.63, 3.8) is 0 Å². The summed E-state index contributed by atoms with van der Waals surface area (Å²) in [6, 6.07) is 16.5. The molecular weight excluding hydrogens is 402 g/mol. The SMILES string of the molecule is CCOC(=O)C1=C(NCCc2c[nH]c3ccc(OC)cc23)CN(Cc2ccccc2)CC1. The standard InChI is InChI=1S/C26H31N3O3/c1-3-32-26(30)22-12-14-29(17-19-7-5-4-6-8-19)18-25(22)27-13-11-20-16-28-24-10-9-21(31-2)15-23(20)24/h4-10,15-16,27-28H,3,11-14,17-18H2,1-2H3. The molecule has 3 aromatic rings. The van der Waals surface area contributed by atoms with E-state index in [1.165, 1.54) is 16.5 Å². The molecule has 0 fully saturated rings. The summed E-state index contributed by atoms with van der Waals surface area (Å²) in [5.74, 6) is 0.647. The number of nitrogens with one attached hydrogen (secondary N) is 2. The molecular formula is C26H31N3O3. The van der Waals surface area contributed by atoms with Gasteiger partial charge >= 0.3 is 5.97 Å². The fourth-order valence-corrected chi connectivity index (χ4v) is 4.24. The van der Waals surface area contributed by atoms with Gasteiger partial charge in [-0.25, -0.2) is 4.79 Å². The van der Waals surface area contributed by atoms with Crippen molar-refractivity contribution in [1.82, 2.24) is 15.2 Å². The third-order valence-corrected chi connectivity index (χ3v) is 5.90. The number of carbonyl (C=O) groups excluding carboxylic acids is 1. The van der Waals surface area contributed by atoms with Crippen molar-refractivity contribution in [2.75, 3.05) is 33.4 Å². The molecule has 0 unspecified atom stereocenters. The number of fused-ring (bicyclic) bond motifs is 1. The first-order valence-corrected chi connectivity index (χ1v) is 11.2. The van der Waals surface area contributed by atoms with E-state index >= 15 is 0 Å². The lowest BCUT2D eigenvalue weighted by Gasteiger charge is -2.30. The number of carbonyl (C=O) groups is 1. The van der Waals surface area contributed by atoms with Crippen LogP contribution in [0.1, 0.15) is 24.5 Å². The van der Waals surface area contributed by atoms with Crippen LogP contribution in [0.4, 0.5) is 0 Å². The molecule has 0 amide bonds. The Kier molecular flexibility index (Phi) is 7.12. The van der Waals surface area contributed by atoms with Gasteiger partial charge in [0.25, 0.3) is 0 Å². The van der Waals surface area contributed by atoms with Gasteiger partial charge in [0.2, 0.25) is 0 Å². The van der Waals surface area contributed by atoms with Gasteiger partial charge in [0.15, 0.2) is 0 Å². The highest BCUT2D eigenvalue weighted by Crippen LogP contribution is 2.24. The number of nitrogens with zero attached hydrogens (tertiary/aromatic N) is 1. The number of rotatable bonds is 9. The van der Waals surface area contributed by atoms with Gasteiger partial charge in [-0.3, -0.25) is 4.90 Å². The Balaban J connectivity index is 1.46. The summed E-state index contributed by atoms with van der Waals surface area (Å²) in [4.78, 5) is 18.3. The molecule has 1 aliphatic rings. The number of ether oxygens (including phenoxy) is 2. The molecule has 1 aromatic heterocycles. The molecule has 0 saturated carbocycles. The van der Waals surface area contributed by atoms with Gasteiger partial charge in [0.1, 0.15) is 5.75 Å². The number of methoxy groups -OCH3 is 1. The van der Waals surface area contributed by atoms with E-state index in [-0.39, 0.29) is 5.97 Å². The van der Waals surface area contributed by atoms with Crippen LogP contribution in [0, 0.1) is 0 Å². The van der Waals surface area contributed by atoms with Crippen LogP contribution in [0.2, 0.25) is 0 Å². The van der Waals surface area contributed by atoms with E-state index in [9.17, 15) is 4.79 Å². The third kappa shape index (κ3) is 5.14. The van der Waals surface area contributed by atoms with E-state index < -0.39 is 0 Å². The minimum Gasteiger partial charge on any atom is -0.497 e. The maximum absolute atomic E-state index is 12.6. The highest BCUT2D eigenvalue weighted by molar-refractivity contribution is 5.89. The lowest BCUT2D eigenvalue weighted by atomic mass is 10.0. The van der Waals surface area contributed by atoms with E-state index in [0.29, 0.717) is 19.6 Å². The van der Waals surface area contributed by atoms with Crippen molar-refractivity contribution in [2.24, 2.45) is 0 Å². The maximum Gasteiger partial charge on any atom is 0.335 e. The Labute approximate surface area is 189 Å². The average Bonchev–Trinajstić information content (AvgIpc) is 3.22. The number of esters is 1. The quantitative estimate of drug-likeness (QED) is 0.499. The van der Waals surface area contributed by atoms with Gasteiger partial charge < -0.3 is 19.8 Å². The van der Waals surface area contributed by atoms with Crippen molar-refractivity contribution in [2.45, 2.75) is 26.3 Å². The second-order valence-electron chi connectivity index (χ2n) is 8.03. The molecule has 0 bridgehead atoms. The number of aromatic amines is 1. The Morgan fingerprint density at radius 1 is 1.19 bits per heavy atom. The molecule has 0 spiro atoms. The summed E-state index contributed by atoms with van der Waals surface area (Å²) in [5.41, 5.74) is 5.35. The van der Waals surface area contributed by atoms with Gasteiger partial charge in [0, 0.05) is 49.0 Å². The highest BCUT2D eigenvalue weighted by Gasteiger charge is 2.24. The Bertz CT molecular complexity index is 1090. The van der Waals surface area contributed by atoms with Crippen LogP contribution in [-0.2, 0) is 22.5 Å². The summed E-state index contributed by atoms with van der Waals surface area (Å²) in [6.45, 7) is 5.40. The lowest BCUT2D eigenvalue weighted by molar-refractivity contribution is -0.139. The Morgan fingerprint density at radius 3 is 2.81 bits per heavy atom. The van der Waals surface area contributed by atoms with Gasteiger partial charge in [-0.1, -0.05) is 30.3 Å². The molecule has 168 valence electrons. The van der Waals surface area contributed by atoms with Crippen LogP contribution in [0.25, 0.3) is 10.9 Å². The molecule has 6 heteroatoms. The summed E-state index contributed by atoms with van der Waals surface area (Å²) in [6.07, 6.45) is 3.58. The first kappa shape index (κ1) is 22.0. The molecule has 2 heterocycles. The zero-order valence-corrected chi connectivity index (χ0v) is 18.8. The number of hydrogen-bond donors (Lipinski definition) is 2. The van der Waals surface area contributed by atoms with Crippen molar-refractivity contribution in [3.05, 3.63) is 77.1 Å². The van der Waals surface area contributed by atoms with Crippen LogP contribution in [-0.4, -0.2) is 49.2 Å². The van der Waals surface area contributed by atoms with Crippen LogP contribution in [0.5, 0.6) is 5.75 Å². The predicted molar refractivity (Wildman–Crippen MR) is 127 cm³/mol. The fraction of sp³-hybridized carbons (Fsp3) is 0.346. The maximum atomic E-state index is 12.6. The minimum atomic E-state index is -0.203. The van der Waals surface area contributed by atoms with Gasteiger partial charge in [-0.05, 0) is 49.1 Å². The molecule has 0 saturated heterocycles. The van der Waals surface area contributed by atoms with E-state index in [1.807, 2.05) is 25.1 Å². The Hall–Kier alpha value is -3.25. The van der Waals surface area contributed by atoms with E-state index in [0.717, 1.165) is 48.6 Å². The van der Waals surface area contributed by atoms with Gasteiger partial charge in [-0.15, -0.1) is 0 Å². The normalized spacial score (nSPS) is 14.6. The smallest absolute Gasteiger partial charge is 0.335 e. The molecule has 1 aliphatic heterocycles. The van der Waals surface area contributed by atoms with Crippen LogP contribution in [0.15, 0.2) is 66.0 Å². The zero-order valence-electron chi connectivity index (χ0n) is 18.8. The molecule has 2 aromatic carbocycles. The zero-order chi connectivity index (χ0) is 22.3. The fourth-order valence-electron chi connectivity index (χ4n) is 4.24. The summed E-state index contributed by atoms with van der Waals surface area (Å²) < 4.78 is 10.7. The molecule has 0 radical (unpaired) electrons. The summed E-state index contributed by atoms with van der Waals surface area (Å²) >= 11 is 0. The van der Waals surface area contributed by atoms with Crippen molar-refractivity contribution in [3.8, 4) is 5.75 Å². The first-order chi connectivity index (χ1) is 15.7.